The number of benzene rings is 1. The maximum absolute atomic E-state index is 11.3. The molecule has 1 aromatic rings. The molecule has 1 aliphatic rings. The standard InChI is InChI=1S/C17H25NO2/c1-17(2,3)18(12-16(19)20)15-11-7-5-9-13-8-4-6-10-14(13)15/h4,6,8,10,15H,5,7,9,11-12H2,1-3H3,(H,19,20). The summed E-state index contributed by atoms with van der Waals surface area (Å²) in [6.07, 6.45) is 4.50. The van der Waals surface area contributed by atoms with Crippen LogP contribution in [0.3, 0.4) is 0 Å². The van der Waals surface area contributed by atoms with Crippen LogP contribution >= 0.6 is 0 Å². The van der Waals surface area contributed by atoms with E-state index in [1.807, 2.05) is 0 Å². The molecule has 3 heteroatoms. The second-order valence-corrected chi connectivity index (χ2v) is 6.65. The molecular formula is C17H25NO2. The largest absolute Gasteiger partial charge is 0.480 e. The Morgan fingerprint density at radius 2 is 2.00 bits per heavy atom. The number of nitrogens with zero attached hydrogens (tertiary/aromatic N) is 1. The van der Waals surface area contributed by atoms with Crippen molar-refractivity contribution in [3.05, 3.63) is 35.4 Å². The topological polar surface area (TPSA) is 40.5 Å². The van der Waals surface area contributed by atoms with Crippen molar-refractivity contribution in [3.63, 3.8) is 0 Å². The zero-order valence-corrected chi connectivity index (χ0v) is 12.7. The fourth-order valence-electron chi connectivity index (χ4n) is 3.18. The summed E-state index contributed by atoms with van der Waals surface area (Å²) in [6, 6.07) is 8.73. The smallest absolute Gasteiger partial charge is 0.317 e. The van der Waals surface area contributed by atoms with Gasteiger partial charge in [0.25, 0.3) is 0 Å². The zero-order chi connectivity index (χ0) is 14.8. The lowest BCUT2D eigenvalue weighted by Crippen LogP contribution is -2.46. The molecular weight excluding hydrogens is 250 g/mol. The molecule has 0 radical (unpaired) electrons. The minimum Gasteiger partial charge on any atom is -0.480 e. The van der Waals surface area contributed by atoms with Gasteiger partial charge in [0.1, 0.15) is 0 Å². The molecule has 0 spiro atoms. The maximum Gasteiger partial charge on any atom is 0.317 e. The van der Waals surface area contributed by atoms with E-state index in [-0.39, 0.29) is 18.1 Å². The van der Waals surface area contributed by atoms with Crippen molar-refractivity contribution in [3.8, 4) is 0 Å². The van der Waals surface area contributed by atoms with Gasteiger partial charge in [-0.1, -0.05) is 30.7 Å². The summed E-state index contributed by atoms with van der Waals surface area (Å²) in [7, 11) is 0. The van der Waals surface area contributed by atoms with Crippen LogP contribution < -0.4 is 0 Å². The molecule has 3 nitrogen and oxygen atoms in total. The molecule has 0 amide bonds. The lowest BCUT2D eigenvalue weighted by molar-refractivity contribution is -0.140. The highest BCUT2D eigenvalue weighted by Crippen LogP contribution is 2.36. The summed E-state index contributed by atoms with van der Waals surface area (Å²) in [6.45, 7) is 6.40. The van der Waals surface area contributed by atoms with Crippen molar-refractivity contribution in [2.24, 2.45) is 0 Å². The minimum atomic E-state index is -0.748. The minimum absolute atomic E-state index is 0.0997. The molecule has 0 aliphatic heterocycles. The van der Waals surface area contributed by atoms with Crippen molar-refractivity contribution in [1.82, 2.24) is 4.90 Å². The number of carboxylic acid groups (broad SMARTS) is 1. The normalized spacial score (nSPS) is 19.5. The van der Waals surface area contributed by atoms with E-state index in [4.69, 9.17) is 0 Å². The van der Waals surface area contributed by atoms with E-state index in [1.165, 1.54) is 17.5 Å². The molecule has 0 fully saturated rings. The first kappa shape index (κ1) is 15.0. The van der Waals surface area contributed by atoms with Gasteiger partial charge in [0.2, 0.25) is 0 Å². The molecule has 110 valence electrons. The van der Waals surface area contributed by atoms with Crippen LogP contribution in [0, 0.1) is 0 Å². The second kappa shape index (κ2) is 5.96. The van der Waals surface area contributed by atoms with E-state index >= 15 is 0 Å². The van der Waals surface area contributed by atoms with Crippen molar-refractivity contribution < 1.29 is 9.90 Å². The Morgan fingerprint density at radius 3 is 2.65 bits per heavy atom. The highest BCUT2D eigenvalue weighted by molar-refractivity contribution is 5.69. The number of aryl methyl sites for hydroxylation is 1. The van der Waals surface area contributed by atoms with E-state index in [0.29, 0.717) is 0 Å². The molecule has 0 saturated carbocycles. The first-order chi connectivity index (χ1) is 9.39. The Morgan fingerprint density at radius 1 is 1.30 bits per heavy atom. The number of aliphatic carboxylic acids is 1. The summed E-state index contributed by atoms with van der Waals surface area (Å²) in [5, 5.41) is 9.25. The van der Waals surface area contributed by atoms with E-state index in [0.717, 1.165) is 19.3 Å². The van der Waals surface area contributed by atoms with Gasteiger partial charge in [0.05, 0.1) is 6.54 Å². The van der Waals surface area contributed by atoms with Crippen molar-refractivity contribution >= 4 is 5.97 Å². The van der Waals surface area contributed by atoms with Gasteiger partial charge in [-0.25, -0.2) is 0 Å². The average molecular weight is 275 g/mol. The van der Waals surface area contributed by atoms with Crippen LogP contribution in [0.15, 0.2) is 24.3 Å². The highest BCUT2D eigenvalue weighted by Gasteiger charge is 2.33. The van der Waals surface area contributed by atoms with Crippen LogP contribution in [-0.2, 0) is 11.2 Å². The van der Waals surface area contributed by atoms with E-state index < -0.39 is 5.97 Å². The molecule has 0 saturated heterocycles. The van der Waals surface area contributed by atoms with Crippen LogP contribution in [0.2, 0.25) is 0 Å². The maximum atomic E-state index is 11.3. The predicted octanol–water partition coefficient (Wildman–Crippen LogP) is 3.64. The zero-order valence-electron chi connectivity index (χ0n) is 12.7. The quantitative estimate of drug-likeness (QED) is 0.856. The number of hydrogen-bond acceptors (Lipinski definition) is 2. The number of hydrogen-bond donors (Lipinski definition) is 1. The fraction of sp³-hybridized carbons (Fsp3) is 0.588. The van der Waals surface area contributed by atoms with Crippen LogP contribution in [0.25, 0.3) is 0 Å². The third kappa shape index (κ3) is 3.40. The SMILES string of the molecule is CC(C)(C)N(CC(=O)O)C1CCCCc2ccccc21. The van der Waals surface area contributed by atoms with Crippen molar-refractivity contribution in [2.45, 2.75) is 58.0 Å². The highest BCUT2D eigenvalue weighted by atomic mass is 16.4. The summed E-state index contributed by atoms with van der Waals surface area (Å²) in [5.41, 5.74) is 2.55. The van der Waals surface area contributed by atoms with E-state index in [2.05, 4.69) is 49.9 Å². The van der Waals surface area contributed by atoms with Crippen LogP contribution in [0.1, 0.15) is 57.2 Å². The third-order valence-electron chi connectivity index (χ3n) is 4.13. The lowest BCUT2D eigenvalue weighted by atomic mass is 9.93. The van der Waals surface area contributed by atoms with Gasteiger partial charge in [-0.15, -0.1) is 0 Å². The predicted molar refractivity (Wildman–Crippen MR) is 80.8 cm³/mol. The third-order valence-corrected chi connectivity index (χ3v) is 4.13. The van der Waals surface area contributed by atoms with Crippen molar-refractivity contribution in [2.75, 3.05) is 6.54 Å². The van der Waals surface area contributed by atoms with Gasteiger partial charge in [-0.3, -0.25) is 9.69 Å². The molecule has 2 rings (SSSR count). The van der Waals surface area contributed by atoms with E-state index in [9.17, 15) is 9.90 Å². The summed E-state index contributed by atoms with van der Waals surface area (Å²) in [5.74, 6) is -0.748. The fourth-order valence-corrected chi connectivity index (χ4v) is 3.18. The average Bonchev–Trinajstić information content (AvgIpc) is 2.56. The number of carboxylic acids is 1. The molecule has 1 N–H and O–H groups in total. The Labute approximate surface area is 121 Å². The monoisotopic (exact) mass is 275 g/mol. The summed E-state index contributed by atoms with van der Waals surface area (Å²) >= 11 is 0. The lowest BCUT2D eigenvalue weighted by Gasteiger charge is -2.41. The Hall–Kier alpha value is -1.35. The molecule has 20 heavy (non-hydrogen) atoms. The number of rotatable bonds is 3. The van der Waals surface area contributed by atoms with Crippen LogP contribution in [0.5, 0.6) is 0 Å². The van der Waals surface area contributed by atoms with Gasteiger partial charge in [-0.05, 0) is 51.2 Å². The summed E-state index contributed by atoms with van der Waals surface area (Å²) in [4.78, 5) is 13.4. The first-order valence-electron chi connectivity index (χ1n) is 7.46. The van der Waals surface area contributed by atoms with Gasteiger partial charge in [0, 0.05) is 11.6 Å². The molecule has 1 aliphatic carbocycles. The first-order valence-corrected chi connectivity index (χ1v) is 7.46. The molecule has 1 aromatic carbocycles. The van der Waals surface area contributed by atoms with Gasteiger partial charge >= 0.3 is 5.97 Å². The molecule has 0 heterocycles. The molecule has 1 atom stereocenters. The molecule has 1 unspecified atom stereocenters. The van der Waals surface area contributed by atoms with Gasteiger partial charge < -0.3 is 5.11 Å². The Balaban J connectivity index is 2.39. The van der Waals surface area contributed by atoms with Gasteiger partial charge in [0.15, 0.2) is 0 Å². The summed E-state index contributed by atoms with van der Waals surface area (Å²) < 4.78 is 0. The molecule has 0 aromatic heterocycles. The van der Waals surface area contributed by atoms with Crippen molar-refractivity contribution in [1.29, 1.82) is 0 Å². The Bertz CT molecular complexity index is 476. The number of fused-ring (bicyclic) bond motifs is 1. The second-order valence-electron chi connectivity index (χ2n) is 6.65. The number of carbonyl (C=O) groups is 1. The van der Waals surface area contributed by atoms with E-state index in [1.54, 1.807) is 0 Å². The Kier molecular flexibility index (Phi) is 4.48. The van der Waals surface area contributed by atoms with Gasteiger partial charge in [-0.2, -0.15) is 0 Å². The van der Waals surface area contributed by atoms with Crippen LogP contribution in [0.4, 0.5) is 0 Å². The molecule has 0 bridgehead atoms. The van der Waals surface area contributed by atoms with Crippen LogP contribution in [-0.4, -0.2) is 28.1 Å².